The molecule has 2 atom stereocenters. The van der Waals surface area contributed by atoms with E-state index in [0.29, 0.717) is 17.9 Å². The molecule has 3 nitrogen and oxygen atoms in total. The van der Waals surface area contributed by atoms with Crippen LogP contribution in [0.15, 0.2) is 0 Å². The average Bonchev–Trinajstić information content (AvgIpc) is 2.88. The first kappa shape index (κ1) is 18.5. The predicted molar refractivity (Wildman–Crippen MR) is 90.1 cm³/mol. The molecule has 0 amide bonds. The van der Waals surface area contributed by atoms with Gasteiger partial charge in [0.05, 0.1) is 6.07 Å². The molecule has 1 aliphatic rings. The van der Waals surface area contributed by atoms with Crippen molar-refractivity contribution in [3.8, 4) is 6.07 Å². The van der Waals surface area contributed by atoms with E-state index in [9.17, 15) is 5.26 Å². The maximum atomic E-state index is 9.57. The largest absolute Gasteiger partial charge is 0.302 e. The molecule has 122 valence electrons. The van der Waals surface area contributed by atoms with Gasteiger partial charge in [-0.25, -0.2) is 0 Å². The zero-order chi connectivity index (χ0) is 15.9. The Kier molecular flexibility index (Phi) is 7.70. The molecule has 0 bridgehead atoms. The normalized spacial score (nSPS) is 26.0. The lowest BCUT2D eigenvalue weighted by Gasteiger charge is -2.35. The molecular formula is C18H35N3. The molecule has 3 heteroatoms. The Morgan fingerprint density at radius 1 is 1.33 bits per heavy atom. The Bertz CT molecular complexity index is 330. The third-order valence-corrected chi connectivity index (χ3v) is 5.29. The number of nitriles is 1. The smallest absolute Gasteiger partial charge is 0.109 e. The highest BCUT2D eigenvalue weighted by Crippen LogP contribution is 2.37. The molecule has 1 aliphatic carbocycles. The first-order valence-corrected chi connectivity index (χ1v) is 8.87. The Morgan fingerprint density at radius 2 is 2.00 bits per heavy atom. The van der Waals surface area contributed by atoms with Gasteiger partial charge in [-0.3, -0.25) is 0 Å². The average molecular weight is 293 g/mol. The van der Waals surface area contributed by atoms with Crippen LogP contribution in [0.4, 0.5) is 0 Å². The van der Waals surface area contributed by atoms with Crippen LogP contribution < -0.4 is 5.32 Å². The van der Waals surface area contributed by atoms with Crippen LogP contribution in [0.1, 0.15) is 66.2 Å². The molecule has 0 saturated heterocycles. The van der Waals surface area contributed by atoms with Crippen molar-refractivity contribution < 1.29 is 0 Å². The lowest BCUT2D eigenvalue weighted by Crippen LogP contribution is -2.46. The highest BCUT2D eigenvalue weighted by Gasteiger charge is 2.41. The van der Waals surface area contributed by atoms with Gasteiger partial charge in [-0.1, -0.05) is 34.1 Å². The number of hydrogen-bond donors (Lipinski definition) is 1. The SMILES string of the molecule is CCC(CC)N(CCC1CCCC1(C#N)NC)CC(C)C. The Hall–Kier alpha value is -0.590. The van der Waals surface area contributed by atoms with E-state index in [1.807, 2.05) is 7.05 Å². The van der Waals surface area contributed by atoms with Crippen LogP contribution >= 0.6 is 0 Å². The van der Waals surface area contributed by atoms with Crippen molar-refractivity contribution in [2.45, 2.75) is 77.8 Å². The van der Waals surface area contributed by atoms with E-state index in [4.69, 9.17) is 0 Å². The summed E-state index contributed by atoms with van der Waals surface area (Å²) in [6.45, 7) is 11.5. The molecule has 21 heavy (non-hydrogen) atoms. The monoisotopic (exact) mass is 293 g/mol. The van der Waals surface area contributed by atoms with E-state index >= 15 is 0 Å². The quantitative estimate of drug-likeness (QED) is 0.702. The van der Waals surface area contributed by atoms with Gasteiger partial charge in [-0.15, -0.1) is 0 Å². The van der Waals surface area contributed by atoms with Crippen molar-refractivity contribution in [1.29, 1.82) is 5.26 Å². The molecule has 0 aromatic heterocycles. The number of rotatable bonds is 9. The third kappa shape index (κ3) is 4.69. The molecule has 0 heterocycles. The van der Waals surface area contributed by atoms with E-state index < -0.39 is 0 Å². The van der Waals surface area contributed by atoms with Gasteiger partial charge >= 0.3 is 0 Å². The van der Waals surface area contributed by atoms with Crippen LogP contribution in [0.25, 0.3) is 0 Å². The summed E-state index contributed by atoms with van der Waals surface area (Å²) in [4.78, 5) is 2.67. The van der Waals surface area contributed by atoms with Gasteiger partial charge in [-0.05, 0) is 57.5 Å². The van der Waals surface area contributed by atoms with Gasteiger partial charge in [0.15, 0.2) is 0 Å². The first-order valence-electron chi connectivity index (χ1n) is 8.87. The number of nitrogens with zero attached hydrogens (tertiary/aromatic N) is 2. The van der Waals surface area contributed by atoms with Crippen LogP contribution in [-0.4, -0.2) is 36.6 Å². The maximum absolute atomic E-state index is 9.57. The second-order valence-electron chi connectivity index (χ2n) is 7.07. The molecule has 1 rings (SSSR count). The van der Waals surface area contributed by atoms with E-state index in [1.165, 1.54) is 32.2 Å². The lowest BCUT2D eigenvalue weighted by molar-refractivity contribution is 0.147. The molecule has 0 radical (unpaired) electrons. The molecule has 1 N–H and O–H groups in total. The zero-order valence-corrected chi connectivity index (χ0v) is 14.8. The third-order valence-electron chi connectivity index (χ3n) is 5.29. The Morgan fingerprint density at radius 3 is 2.48 bits per heavy atom. The second-order valence-corrected chi connectivity index (χ2v) is 7.07. The van der Waals surface area contributed by atoms with Gasteiger partial charge in [0.2, 0.25) is 0 Å². The molecule has 0 aromatic rings. The maximum Gasteiger partial charge on any atom is 0.109 e. The van der Waals surface area contributed by atoms with Crippen LogP contribution in [-0.2, 0) is 0 Å². The minimum atomic E-state index is -0.266. The van der Waals surface area contributed by atoms with E-state index in [0.717, 1.165) is 19.4 Å². The highest BCUT2D eigenvalue weighted by molar-refractivity contribution is 5.13. The fourth-order valence-corrected chi connectivity index (χ4v) is 4.02. The van der Waals surface area contributed by atoms with Gasteiger partial charge < -0.3 is 10.2 Å². The number of nitrogens with one attached hydrogen (secondary N) is 1. The van der Waals surface area contributed by atoms with Crippen molar-refractivity contribution in [1.82, 2.24) is 10.2 Å². The van der Waals surface area contributed by atoms with Gasteiger partial charge in [0, 0.05) is 12.6 Å². The molecule has 1 fully saturated rings. The molecule has 0 spiro atoms. The van der Waals surface area contributed by atoms with Crippen LogP contribution in [0.5, 0.6) is 0 Å². The summed E-state index contributed by atoms with van der Waals surface area (Å²) < 4.78 is 0. The zero-order valence-electron chi connectivity index (χ0n) is 14.8. The lowest BCUT2D eigenvalue weighted by atomic mass is 9.85. The summed E-state index contributed by atoms with van der Waals surface area (Å²) >= 11 is 0. The molecule has 2 unspecified atom stereocenters. The van der Waals surface area contributed by atoms with Crippen molar-refractivity contribution in [2.75, 3.05) is 20.1 Å². The molecule has 0 aliphatic heterocycles. The molecular weight excluding hydrogens is 258 g/mol. The van der Waals surface area contributed by atoms with Crippen molar-refractivity contribution in [3.05, 3.63) is 0 Å². The standard InChI is InChI=1S/C18H35N3/c1-6-17(7-2)21(13-15(3)4)12-10-16-9-8-11-18(16,14-19)20-5/h15-17,20H,6-13H2,1-5H3. The molecule has 0 aromatic carbocycles. The number of hydrogen-bond acceptors (Lipinski definition) is 3. The topological polar surface area (TPSA) is 39.1 Å². The summed E-state index contributed by atoms with van der Waals surface area (Å²) in [5.41, 5.74) is -0.266. The summed E-state index contributed by atoms with van der Waals surface area (Å²) in [5.74, 6) is 1.22. The van der Waals surface area contributed by atoms with E-state index in [2.05, 4.69) is 44.0 Å². The van der Waals surface area contributed by atoms with Gasteiger partial charge in [0.1, 0.15) is 5.54 Å². The van der Waals surface area contributed by atoms with Gasteiger partial charge in [0.25, 0.3) is 0 Å². The summed E-state index contributed by atoms with van der Waals surface area (Å²) in [7, 11) is 1.95. The van der Waals surface area contributed by atoms with Gasteiger partial charge in [-0.2, -0.15) is 5.26 Å². The summed E-state index contributed by atoms with van der Waals surface area (Å²) in [6.07, 6.45) is 7.01. The fraction of sp³-hybridized carbons (Fsp3) is 0.944. The highest BCUT2D eigenvalue weighted by atomic mass is 15.2. The van der Waals surface area contributed by atoms with E-state index in [1.54, 1.807) is 0 Å². The van der Waals surface area contributed by atoms with Crippen molar-refractivity contribution in [3.63, 3.8) is 0 Å². The Labute approximate surface area is 132 Å². The first-order chi connectivity index (χ1) is 10.0. The predicted octanol–water partition coefficient (Wildman–Crippen LogP) is 3.80. The van der Waals surface area contributed by atoms with Crippen LogP contribution in [0.2, 0.25) is 0 Å². The van der Waals surface area contributed by atoms with Crippen molar-refractivity contribution >= 4 is 0 Å². The fourth-order valence-electron chi connectivity index (χ4n) is 4.02. The minimum Gasteiger partial charge on any atom is -0.302 e. The summed E-state index contributed by atoms with van der Waals surface area (Å²) in [6, 6.07) is 3.26. The molecule has 1 saturated carbocycles. The Balaban J connectivity index is 2.66. The van der Waals surface area contributed by atoms with Crippen LogP contribution in [0.3, 0.4) is 0 Å². The van der Waals surface area contributed by atoms with E-state index in [-0.39, 0.29) is 5.54 Å². The summed E-state index contributed by atoms with van der Waals surface area (Å²) in [5, 5.41) is 12.9. The second kappa shape index (κ2) is 8.76. The van der Waals surface area contributed by atoms with Crippen LogP contribution in [0, 0.1) is 23.2 Å². The minimum absolute atomic E-state index is 0.266. The van der Waals surface area contributed by atoms with Crippen molar-refractivity contribution in [2.24, 2.45) is 11.8 Å².